The first-order chi connectivity index (χ1) is 12.2. The highest BCUT2D eigenvalue weighted by Gasteiger charge is 2.21. The molecule has 4 rings (SSSR count). The third kappa shape index (κ3) is 3.24. The minimum absolute atomic E-state index is 0.0136. The van der Waals surface area contributed by atoms with E-state index >= 15 is 0 Å². The van der Waals surface area contributed by atoms with Crippen molar-refractivity contribution in [2.75, 3.05) is 13.1 Å². The molecule has 3 nitrogen and oxygen atoms in total. The fraction of sp³-hybridized carbons (Fsp3) is 0.318. The monoisotopic (exact) mass is 332 g/mol. The third-order valence-corrected chi connectivity index (χ3v) is 5.49. The van der Waals surface area contributed by atoms with E-state index in [1.165, 1.54) is 24.0 Å². The van der Waals surface area contributed by atoms with Gasteiger partial charge in [-0.1, -0.05) is 48.5 Å². The van der Waals surface area contributed by atoms with Crippen molar-refractivity contribution >= 4 is 10.8 Å². The van der Waals surface area contributed by atoms with Gasteiger partial charge in [-0.15, -0.1) is 0 Å². The summed E-state index contributed by atoms with van der Waals surface area (Å²) in [4.78, 5) is 17.7. The number of H-pyrrole nitrogens is 1. The van der Waals surface area contributed by atoms with Crippen LogP contribution in [-0.2, 0) is 6.54 Å². The number of aryl methyl sites for hydroxylation is 1. The van der Waals surface area contributed by atoms with Crippen molar-refractivity contribution in [2.24, 2.45) is 0 Å². The highest BCUT2D eigenvalue weighted by Crippen LogP contribution is 2.29. The van der Waals surface area contributed by atoms with Gasteiger partial charge in [0, 0.05) is 17.6 Å². The molecule has 0 radical (unpaired) electrons. The van der Waals surface area contributed by atoms with Gasteiger partial charge < -0.3 is 4.98 Å². The minimum atomic E-state index is 0.0136. The van der Waals surface area contributed by atoms with Crippen molar-refractivity contribution in [3.05, 3.63) is 81.8 Å². The van der Waals surface area contributed by atoms with E-state index in [4.69, 9.17) is 0 Å². The van der Waals surface area contributed by atoms with Gasteiger partial charge in [-0.2, -0.15) is 0 Å². The number of fused-ring (bicyclic) bond motifs is 1. The zero-order chi connectivity index (χ0) is 17.2. The summed E-state index contributed by atoms with van der Waals surface area (Å²) in [5.74, 6) is 0.672. The van der Waals surface area contributed by atoms with Gasteiger partial charge >= 0.3 is 0 Å². The second-order valence-corrected chi connectivity index (χ2v) is 7.06. The Hall–Kier alpha value is -2.39. The molecule has 2 heterocycles. The Balaban J connectivity index is 1.53. The van der Waals surface area contributed by atoms with E-state index in [2.05, 4.69) is 46.3 Å². The Morgan fingerprint density at radius 1 is 0.960 bits per heavy atom. The lowest BCUT2D eigenvalue weighted by Gasteiger charge is -2.32. The summed E-state index contributed by atoms with van der Waals surface area (Å²) in [5.41, 5.74) is 3.73. The zero-order valence-corrected chi connectivity index (χ0v) is 14.7. The van der Waals surface area contributed by atoms with Crippen LogP contribution in [0.5, 0.6) is 0 Å². The van der Waals surface area contributed by atoms with Gasteiger partial charge in [0.05, 0.1) is 0 Å². The Morgan fingerprint density at radius 3 is 2.32 bits per heavy atom. The summed E-state index contributed by atoms with van der Waals surface area (Å²) in [6.07, 6.45) is 2.40. The number of aromatic amines is 1. The van der Waals surface area contributed by atoms with Crippen molar-refractivity contribution in [3.63, 3.8) is 0 Å². The molecule has 128 valence electrons. The molecule has 0 saturated carbocycles. The van der Waals surface area contributed by atoms with Crippen LogP contribution in [0.2, 0.25) is 0 Å². The molecular formula is C22H24N2O. The molecule has 1 aromatic heterocycles. The van der Waals surface area contributed by atoms with Crippen LogP contribution in [0.3, 0.4) is 0 Å². The summed E-state index contributed by atoms with van der Waals surface area (Å²) < 4.78 is 0. The fourth-order valence-corrected chi connectivity index (χ4v) is 4.04. The van der Waals surface area contributed by atoms with Crippen LogP contribution in [0.1, 0.15) is 35.6 Å². The molecule has 1 fully saturated rings. The highest BCUT2D eigenvalue weighted by molar-refractivity contribution is 5.85. The lowest BCUT2D eigenvalue weighted by Crippen LogP contribution is -2.33. The number of aromatic nitrogens is 1. The largest absolute Gasteiger partial charge is 0.326 e. The number of benzene rings is 2. The lowest BCUT2D eigenvalue weighted by molar-refractivity contribution is 0.205. The van der Waals surface area contributed by atoms with Crippen molar-refractivity contribution in [2.45, 2.75) is 32.2 Å². The van der Waals surface area contributed by atoms with E-state index in [-0.39, 0.29) is 5.56 Å². The maximum absolute atomic E-state index is 12.2. The van der Waals surface area contributed by atoms with Gasteiger partial charge in [-0.25, -0.2) is 0 Å². The Morgan fingerprint density at radius 2 is 1.60 bits per heavy atom. The molecule has 0 unspecified atom stereocenters. The van der Waals surface area contributed by atoms with E-state index in [9.17, 15) is 4.79 Å². The topological polar surface area (TPSA) is 36.1 Å². The maximum Gasteiger partial charge on any atom is 0.256 e. The zero-order valence-electron chi connectivity index (χ0n) is 14.7. The normalized spacial score (nSPS) is 16.4. The summed E-state index contributed by atoms with van der Waals surface area (Å²) in [6.45, 7) is 5.13. The van der Waals surface area contributed by atoms with Crippen molar-refractivity contribution in [3.8, 4) is 0 Å². The molecule has 1 aliphatic rings. The van der Waals surface area contributed by atoms with Crippen LogP contribution in [0.15, 0.2) is 59.4 Å². The number of pyridine rings is 1. The molecule has 0 bridgehead atoms. The van der Waals surface area contributed by atoms with Gasteiger partial charge in [0.15, 0.2) is 0 Å². The number of nitrogens with zero attached hydrogens (tertiary/aromatic N) is 1. The van der Waals surface area contributed by atoms with Crippen LogP contribution in [-0.4, -0.2) is 23.0 Å². The molecule has 25 heavy (non-hydrogen) atoms. The molecule has 2 aromatic carbocycles. The van der Waals surface area contributed by atoms with Gasteiger partial charge in [-0.05, 0) is 61.4 Å². The van der Waals surface area contributed by atoms with E-state index in [0.29, 0.717) is 5.92 Å². The van der Waals surface area contributed by atoms with Gasteiger partial charge in [-0.3, -0.25) is 9.69 Å². The number of hydrogen-bond donors (Lipinski definition) is 1. The fourth-order valence-electron chi connectivity index (χ4n) is 4.04. The van der Waals surface area contributed by atoms with Crippen molar-refractivity contribution in [1.29, 1.82) is 0 Å². The van der Waals surface area contributed by atoms with E-state index < -0.39 is 0 Å². The summed E-state index contributed by atoms with van der Waals surface area (Å²) in [5, 5.41) is 1.89. The Kier molecular flexibility index (Phi) is 4.41. The highest BCUT2D eigenvalue weighted by atomic mass is 16.1. The molecule has 0 atom stereocenters. The molecule has 0 aliphatic carbocycles. The van der Waals surface area contributed by atoms with Crippen molar-refractivity contribution in [1.82, 2.24) is 9.88 Å². The molecule has 0 amide bonds. The Bertz CT molecular complexity index is 922. The quantitative estimate of drug-likeness (QED) is 0.780. The summed E-state index contributed by atoms with van der Waals surface area (Å²) in [7, 11) is 0. The first-order valence-electron chi connectivity index (χ1n) is 9.10. The van der Waals surface area contributed by atoms with Crippen molar-refractivity contribution < 1.29 is 0 Å². The molecule has 0 spiro atoms. The number of nitrogens with one attached hydrogen (secondary N) is 1. The van der Waals surface area contributed by atoms with Crippen LogP contribution < -0.4 is 5.56 Å². The third-order valence-electron chi connectivity index (χ3n) is 5.49. The van der Waals surface area contributed by atoms with Crippen LogP contribution in [0, 0.1) is 6.92 Å². The average molecular weight is 332 g/mol. The standard InChI is InChI=1S/C22H24N2O/c1-16-21(19-9-5-6-10-20(19)22(25)23-16)15-24-13-11-18(12-14-24)17-7-3-2-4-8-17/h2-10,18H,11-15H2,1H3,(H,23,25). The average Bonchev–Trinajstić information content (AvgIpc) is 2.66. The molecule has 3 aromatic rings. The second kappa shape index (κ2) is 6.85. The summed E-state index contributed by atoms with van der Waals surface area (Å²) in [6, 6.07) is 18.8. The van der Waals surface area contributed by atoms with E-state index in [0.717, 1.165) is 36.1 Å². The Labute approximate surface area is 148 Å². The van der Waals surface area contributed by atoms with Gasteiger partial charge in [0.25, 0.3) is 5.56 Å². The predicted molar refractivity (Wildman–Crippen MR) is 103 cm³/mol. The molecule has 1 saturated heterocycles. The number of piperidine rings is 1. The lowest BCUT2D eigenvalue weighted by atomic mass is 9.89. The number of likely N-dealkylation sites (tertiary alicyclic amines) is 1. The summed E-state index contributed by atoms with van der Waals surface area (Å²) >= 11 is 0. The van der Waals surface area contributed by atoms with E-state index in [1.54, 1.807) is 0 Å². The van der Waals surface area contributed by atoms with Crippen LogP contribution in [0.4, 0.5) is 0 Å². The number of hydrogen-bond acceptors (Lipinski definition) is 2. The first-order valence-corrected chi connectivity index (χ1v) is 9.10. The van der Waals surface area contributed by atoms with Gasteiger partial charge in [0.1, 0.15) is 0 Å². The van der Waals surface area contributed by atoms with E-state index in [1.807, 2.05) is 25.1 Å². The maximum atomic E-state index is 12.2. The molecule has 3 heteroatoms. The van der Waals surface area contributed by atoms with Crippen LogP contribution in [0.25, 0.3) is 10.8 Å². The first kappa shape index (κ1) is 16.1. The smallest absolute Gasteiger partial charge is 0.256 e. The van der Waals surface area contributed by atoms with Gasteiger partial charge in [0.2, 0.25) is 0 Å². The number of rotatable bonds is 3. The SMILES string of the molecule is Cc1[nH]c(=O)c2ccccc2c1CN1CCC(c2ccccc2)CC1. The minimum Gasteiger partial charge on any atom is -0.326 e. The molecule has 1 N–H and O–H groups in total. The molecular weight excluding hydrogens is 308 g/mol. The van der Waals surface area contributed by atoms with Crippen LogP contribution >= 0.6 is 0 Å². The molecule has 1 aliphatic heterocycles. The second-order valence-electron chi connectivity index (χ2n) is 7.06. The predicted octanol–water partition coefficient (Wildman–Crippen LogP) is 4.22.